The molecule has 186 valence electrons. The Bertz CT molecular complexity index is 1520. The number of aliphatic hydroxyl groups is 1. The smallest absolute Gasteiger partial charge is 0.280 e. The summed E-state index contributed by atoms with van der Waals surface area (Å²) in [6, 6.07) is 24.5. The number of carbonyl (C=O) groups excluding carboxylic acids is 2. The molecular weight excluding hydrogens is 464 g/mol. The molecular formula is C30H28N4O3. The number of carbonyl (C=O) groups is 2. The molecule has 0 aliphatic carbocycles. The maximum atomic E-state index is 13.2. The van der Waals surface area contributed by atoms with Gasteiger partial charge in [-0.25, -0.2) is 0 Å². The van der Waals surface area contributed by atoms with E-state index in [9.17, 15) is 14.7 Å². The summed E-state index contributed by atoms with van der Waals surface area (Å²) in [5, 5.41) is 20.9. The van der Waals surface area contributed by atoms with Gasteiger partial charge in [0.2, 0.25) is 0 Å². The van der Waals surface area contributed by atoms with Gasteiger partial charge in [-0.3, -0.25) is 9.59 Å². The third-order valence-electron chi connectivity index (χ3n) is 6.42. The second-order valence-corrected chi connectivity index (χ2v) is 9.12. The number of amides is 1. The molecule has 2 heterocycles. The summed E-state index contributed by atoms with van der Waals surface area (Å²) in [4.78, 5) is 24.7. The van der Waals surface area contributed by atoms with Gasteiger partial charge in [-0.1, -0.05) is 36.4 Å². The van der Waals surface area contributed by atoms with Gasteiger partial charge in [-0.05, 0) is 62.4 Å². The number of para-hydroxylation sites is 2. The highest BCUT2D eigenvalue weighted by atomic mass is 16.3. The largest absolute Gasteiger partial charge is 0.389 e. The Kier molecular flexibility index (Phi) is 6.70. The van der Waals surface area contributed by atoms with E-state index in [4.69, 9.17) is 0 Å². The summed E-state index contributed by atoms with van der Waals surface area (Å²) in [5.74, 6) is -0.147. The van der Waals surface area contributed by atoms with Gasteiger partial charge in [0.05, 0.1) is 29.6 Å². The van der Waals surface area contributed by atoms with Gasteiger partial charge in [0.1, 0.15) is 0 Å². The molecule has 0 fully saturated rings. The molecule has 4 aromatic rings. The van der Waals surface area contributed by atoms with Crippen LogP contribution in [0, 0.1) is 0 Å². The van der Waals surface area contributed by atoms with Crippen LogP contribution in [0.4, 0.5) is 11.4 Å². The van der Waals surface area contributed by atoms with Crippen LogP contribution in [0.2, 0.25) is 0 Å². The molecule has 0 saturated heterocycles. The number of rotatable bonds is 8. The number of hydrogen-bond donors (Lipinski definition) is 2. The van der Waals surface area contributed by atoms with Crippen molar-refractivity contribution >= 4 is 45.8 Å². The molecule has 0 bridgehead atoms. The number of nitrogens with one attached hydrogen (secondary N) is 1. The second kappa shape index (κ2) is 10.2. The van der Waals surface area contributed by atoms with Crippen LogP contribution in [0.1, 0.15) is 29.8 Å². The number of fused-ring (bicyclic) bond motifs is 1. The molecule has 0 radical (unpaired) electrons. The Morgan fingerprint density at radius 3 is 2.46 bits per heavy atom. The molecule has 0 spiro atoms. The van der Waals surface area contributed by atoms with Crippen LogP contribution in [-0.2, 0) is 11.3 Å². The zero-order valence-corrected chi connectivity index (χ0v) is 20.8. The average molecular weight is 493 g/mol. The van der Waals surface area contributed by atoms with Crippen LogP contribution >= 0.6 is 0 Å². The summed E-state index contributed by atoms with van der Waals surface area (Å²) < 4.78 is 2.01. The number of aliphatic hydroxyl groups excluding tert-OH is 1. The molecule has 1 atom stereocenters. The van der Waals surface area contributed by atoms with Crippen molar-refractivity contribution in [2.45, 2.75) is 26.5 Å². The van der Waals surface area contributed by atoms with Crippen LogP contribution in [0.3, 0.4) is 0 Å². The number of hydrazone groups is 1. The van der Waals surface area contributed by atoms with E-state index in [1.54, 1.807) is 12.1 Å². The molecule has 0 saturated carbocycles. The highest BCUT2D eigenvalue weighted by Crippen LogP contribution is 2.28. The SMILES string of the molecule is CC(=O)c1ccc(NC[C@@H](O)Cn2cc(/C=C3/C(=O)N(c4ccccc4)N=C3C)c3ccccc32)cc1. The molecule has 7 heteroatoms. The van der Waals surface area contributed by atoms with Crippen molar-refractivity contribution in [1.82, 2.24) is 4.57 Å². The number of Topliss-reactive ketones (excluding diaryl/α,β-unsaturated/α-hetero) is 1. The molecule has 5 rings (SSSR count). The second-order valence-electron chi connectivity index (χ2n) is 9.12. The lowest BCUT2D eigenvalue weighted by atomic mass is 10.1. The molecule has 0 unspecified atom stereocenters. The maximum absolute atomic E-state index is 13.2. The summed E-state index contributed by atoms with van der Waals surface area (Å²) in [6.07, 6.45) is 3.19. The van der Waals surface area contributed by atoms with E-state index in [2.05, 4.69) is 10.4 Å². The highest BCUT2D eigenvalue weighted by molar-refractivity contribution is 6.32. The molecule has 1 aromatic heterocycles. The van der Waals surface area contributed by atoms with Crippen molar-refractivity contribution < 1.29 is 14.7 Å². The van der Waals surface area contributed by atoms with Crippen LogP contribution in [0.25, 0.3) is 17.0 Å². The lowest BCUT2D eigenvalue weighted by Crippen LogP contribution is -2.24. The fraction of sp³-hybridized carbons (Fsp3) is 0.167. The molecule has 2 N–H and O–H groups in total. The van der Waals surface area contributed by atoms with Crippen molar-refractivity contribution in [2.24, 2.45) is 5.10 Å². The number of anilines is 2. The van der Waals surface area contributed by atoms with E-state index >= 15 is 0 Å². The molecule has 1 amide bonds. The predicted octanol–water partition coefficient (Wildman–Crippen LogP) is 5.12. The van der Waals surface area contributed by atoms with Crippen LogP contribution in [0.5, 0.6) is 0 Å². The Labute approximate surface area is 215 Å². The van der Waals surface area contributed by atoms with Crippen molar-refractivity contribution in [3.63, 3.8) is 0 Å². The minimum Gasteiger partial charge on any atom is -0.389 e. The summed E-state index contributed by atoms with van der Waals surface area (Å²) >= 11 is 0. The highest BCUT2D eigenvalue weighted by Gasteiger charge is 2.29. The van der Waals surface area contributed by atoms with E-state index < -0.39 is 6.10 Å². The van der Waals surface area contributed by atoms with E-state index in [-0.39, 0.29) is 11.7 Å². The Morgan fingerprint density at radius 2 is 1.73 bits per heavy atom. The van der Waals surface area contributed by atoms with Crippen LogP contribution in [0.15, 0.2) is 95.7 Å². The number of nitrogens with zero attached hydrogens (tertiary/aromatic N) is 3. The maximum Gasteiger partial charge on any atom is 0.280 e. The molecule has 1 aliphatic heterocycles. The van der Waals surface area contributed by atoms with Crippen molar-refractivity contribution in [3.05, 3.63) is 102 Å². The molecule has 7 nitrogen and oxygen atoms in total. The Hall–Kier alpha value is -4.49. The van der Waals surface area contributed by atoms with Gasteiger partial charge in [0, 0.05) is 40.5 Å². The van der Waals surface area contributed by atoms with Gasteiger partial charge in [0.25, 0.3) is 5.91 Å². The quantitative estimate of drug-likeness (QED) is 0.264. The molecule has 1 aliphatic rings. The molecule has 3 aromatic carbocycles. The molecule has 37 heavy (non-hydrogen) atoms. The van der Waals surface area contributed by atoms with Crippen molar-refractivity contribution in [3.8, 4) is 0 Å². The van der Waals surface area contributed by atoms with E-state index in [0.29, 0.717) is 29.9 Å². The summed E-state index contributed by atoms with van der Waals surface area (Å²) in [7, 11) is 0. The first-order valence-electron chi connectivity index (χ1n) is 12.2. The van der Waals surface area contributed by atoms with E-state index in [1.165, 1.54) is 11.9 Å². The van der Waals surface area contributed by atoms with Crippen molar-refractivity contribution in [2.75, 3.05) is 16.9 Å². The Morgan fingerprint density at radius 1 is 1.03 bits per heavy atom. The fourth-order valence-electron chi connectivity index (χ4n) is 4.48. The van der Waals surface area contributed by atoms with E-state index in [1.807, 2.05) is 90.5 Å². The zero-order valence-electron chi connectivity index (χ0n) is 20.8. The van der Waals surface area contributed by atoms with E-state index in [0.717, 1.165) is 27.8 Å². The van der Waals surface area contributed by atoms with Gasteiger partial charge in [-0.15, -0.1) is 0 Å². The minimum atomic E-state index is -0.659. The Balaban J connectivity index is 1.35. The standard InChI is InChI=1S/C30H28N4O3/c1-20-28(30(37)34(32-20)25-8-4-3-5-9-25)16-23-18-33(29-11-7-6-10-27(23)29)19-26(36)17-31-24-14-12-22(13-15-24)21(2)35/h3-16,18,26,31,36H,17,19H2,1-2H3/b28-16+/t26-/m1/s1. The van der Waals surface area contributed by atoms with Crippen LogP contribution < -0.4 is 10.3 Å². The lowest BCUT2D eigenvalue weighted by molar-refractivity contribution is -0.114. The number of ketones is 1. The summed E-state index contributed by atoms with van der Waals surface area (Å²) in [5.41, 5.74) is 5.28. The number of aromatic nitrogens is 1. The average Bonchev–Trinajstić information content (AvgIpc) is 3.40. The first-order chi connectivity index (χ1) is 17.9. The van der Waals surface area contributed by atoms with Gasteiger partial charge < -0.3 is 15.0 Å². The van der Waals surface area contributed by atoms with Crippen LogP contribution in [-0.4, -0.2) is 39.7 Å². The van der Waals surface area contributed by atoms with Gasteiger partial charge >= 0.3 is 0 Å². The lowest BCUT2D eigenvalue weighted by Gasteiger charge is -2.14. The first-order valence-corrected chi connectivity index (χ1v) is 12.2. The number of benzene rings is 3. The number of hydrogen-bond acceptors (Lipinski definition) is 5. The van der Waals surface area contributed by atoms with Crippen molar-refractivity contribution in [1.29, 1.82) is 0 Å². The monoisotopic (exact) mass is 492 g/mol. The minimum absolute atomic E-state index is 0.0189. The third kappa shape index (κ3) is 5.08. The first kappa shape index (κ1) is 24.2. The topological polar surface area (TPSA) is 86.9 Å². The van der Waals surface area contributed by atoms with Gasteiger partial charge in [0.15, 0.2) is 5.78 Å². The zero-order chi connectivity index (χ0) is 25.9. The third-order valence-corrected chi connectivity index (χ3v) is 6.42. The fourth-order valence-corrected chi connectivity index (χ4v) is 4.48. The predicted molar refractivity (Wildman–Crippen MR) is 148 cm³/mol. The summed E-state index contributed by atoms with van der Waals surface area (Å²) in [6.45, 7) is 4.09. The van der Waals surface area contributed by atoms with Gasteiger partial charge in [-0.2, -0.15) is 10.1 Å². The normalized spacial score (nSPS) is 15.3.